The number of rotatable bonds is 11. The fraction of sp³-hybridized carbons (Fsp3) is 0.286. The Bertz CT molecular complexity index is 1080. The van der Waals surface area contributed by atoms with E-state index in [1.54, 1.807) is 25.1 Å². The number of benzene rings is 1. The number of nitrogens with one attached hydrogen (secondary N) is 1. The highest BCUT2D eigenvalue weighted by atomic mass is 32.1. The summed E-state index contributed by atoms with van der Waals surface area (Å²) in [5, 5.41) is 12.5. The van der Waals surface area contributed by atoms with Crippen molar-refractivity contribution in [3.63, 3.8) is 0 Å². The third kappa shape index (κ3) is 5.82. The summed E-state index contributed by atoms with van der Waals surface area (Å²) in [4.78, 5) is 20.6. The van der Waals surface area contributed by atoms with E-state index in [0.29, 0.717) is 47.5 Å². The van der Waals surface area contributed by atoms with Crippen LogP contribution in [0, 0.1) is 0 Å². The summed E-state index contributed by atoms with van der Waals surface area (Å²) in [5.74, 6) is 0.263. The molecule has 0 saturated carbocycles. The SMILES string of the molecule is CCOc1cc(-c2cc(NCCc3ccc(OC(F)F)cc3OC)ncn2)sc1C(=O)O. The van der Waals surface area contributed by atoms with Crippen LogP contribution in [-0.2, 0) is 6.42 Å². The molecule has 0 atom stereocenters. The van der Waals surface area contributed by atoms with Gasteiger partial charge in [-0.25, -0.2) is 14.8 Å². The molecule has 8 nitrogen and oxygen atoms in total. The first-order chi connectivity index (χ1) is 15.4. The summed E-state index contributed by atoms with van der Waals surface area (Å²) in [7, 11) is 1.46. The molecular formula is C21H21F2N3O5S. The van der Waals surface area contributed by atoms with Crippen molar-refractivity contribution in [2.45, 2.75) is 20.0 Å². The van der Waals surface area contributed by atoms with Gasteiger partial charge in [-0.1, -0.05) is 6.07 Å². The number of ether oxygens (including phenoxy) is 3. The number of carbonyl (C=O) groups is 1. The number of hydrogen-bond donors (Lipinski definition) is 2. The Morgan fingerprint density at radius 2 is 2.03 bits per heavy atom. The number of alkyl halides is 2. The number of halogens is 2. The first-order valence-corrected chi connectivity index (χ1v) is 10.4. The lowest BCUT2D eigenvalue weighted by atomic mass is 10.1. The summed E-state index contributed by atoms with van der Waals surface area (Å²) >= 11 is 1.08. The molecule has 11 heteroatoms. The van der Waals surface area contributed by atoms with Crippen LogP contribution in [-0.4, -0.2) is 47.9 Å². The molecule has 2 heterocycles. The van der Waals surface area contributed by atoms with Crippen LogP contribution in [0.3, 0.4) is 0 Å². The minimum absolute atomic E-state index is 0.0251. The number of carboxylic acid groups (broad SMARTS) is 1. The van der Waals surface area contributed by atoms with Gasteiger partial charge in [-0.05, 0) is 25.0 Å². The van der Waals surface area contributed by atoms with Gasteiger partial charge in [0.25, 0.3) is 0 Å². The van der Waals surface area contributed by atoms with E-state index in [0.717, 1.165) is 16.9 Å². The molecule has 0 bridgehead atoms. The molecule has 0 radical (unpaired) electrons. The van der Waals surface area contributed by atoms with Crippen LogP contribution in [0.1, 0.15) is 22.2 Å². The lowest BCUT2D eigenvalue weighted by molar-refractivity contribution is -0.0499. The predicted octanol–water partition coefficient (Wildman–Crippen LogP) is 4.57. The molecule has 32 heavy (non-hydrogen) atoms. The summed E-state index contributed by atoms with van der Waals surface area (Å²) in [5.41, 5.74) is 1.37. The lowest BCUT2D eigenvalue weighted by Crippen LogP contribution is -2.08. The van der Waals surface area contributed by atoms with Gasteiger partial charge in [0, 0.05) is 24.7 Å². The predicted molar refractivity (Wildman–Crippen MR) is 115 cm³/mol. The number of aromatic nitrogens is 2. The van der Waals surface area contributed by atoms with Crippen LogP contribution in [0.15, 0.2) is 36.7 Å². The van der Waals surface area contributed by atoms with Gasteiger partial charge < -0.3 is 24.6 Å². The van der Waals surface area contributed by atoms with Gasteiger partial charge in [-0.3, -0.25) is 0 Å². The smallest absolute Gasteiger partial charge is 0.387 e. The van der Waals surface area contributed by atoms with E-state index in [9.17, 15) is 18.7 Å². The van der Waals surface area contributed by atoms with Crippen molar-refractivity contribution >= 4 is 23.1 Å². The van der Waals surface area contributed by atoms with Gasteiger partial charge in [0.1, 0.15) is 29.4 Å². The molecule has 0 aliphatic rings. The summed E-state index contributed by atoms with van der Waals surface area (Å²) in [6.07, 6.45) is 1.92. The molecule has 0 aliphatic carbocycles. The number of nitrogens with zero attached hydrogens (tertiary/aromatic N) is 2. The monoisotopic (exact) mass is 465 g/mol. The second-order valence-electron chi connectivity index (χ2n) is 6.36. The number of carboxylic acids is 1. The molecule has 3 aromatic rings. The van der Waals surface area contributed by atoms with Gasteiger partial charge in [-0.2, -0.15) is 8.78 Å². The summed E-state index contributed by atoms with van der Waals surface area (Å²) in [6.45, 7) is -0.286. The van der Waals surface area contributed by atoms with Crippen LogP contribution < -0.4 is 19.5 Å². The molecule has 2 aromatic heterocycles. The Balaban J connectivity index is 1.69. The van der Waals surface area contributed by atoms with E-state index in [2.05, 4.69) is 20.0 Å². The fourth-order valence-electron chi connectivity index (χ4n) is 2.93. The largest absolute Gasteiger partial charge is 0.496 e. The molecule has 0 unspecified atom stereocenters. The van der Waals surface area contributed by atoms with E-state index in [1.165, 1.54) is 25.6 Å². The standard InChI is InChI=1S/C21H21F2N3O5S/c1-3-30-16-10-17(32-19(16)20(27)28)14-9-18(26-11-25-14)24-7-6-12-4-5-13(31-21(22)23)8-15(12)29-2/h4-5,8-11,21H,3,6-7H2,1-2H3,(H,27,28)(H,24,25,26). The van der Waals surface area contributed by atoms with Crippen LogP contribution in [0.5, 0.6) is 17.2 Å². The highest BCUT2D eigenvalue weighted by Crippen LogP contribution is 2.36. The number of hydrogen-bond acceptors (Lipinski definition) is 8. The van der Waals surface area contributed by atoms with Crippen LogP contribution >= 0.6 is 11.3 Å². The van der Waals surface area contributed by atoms with E-state index in [1.807, 2.05) is 0 Å². The lowest BCUT2D eigenvalue weighted by Gasteiger charge is -2.12. The maximum Gasteiger partial charge on any atom is 0.387 e. The molecule has 0 fully saturated rings. The fourth-order valence-corrected chi connectivity index (χ4v) is 3.84. The van der Waals surface area contributed by atoms with Gasteiger partial charge in [0.2, 0.25) is 0 Å². The van der Waals surface area contributed by atoms with Crippen molar-refractivity contribution in [1.29, 1.82) is 0 Å². The topological polar surface area (TPSA) is 103 Å². The van der Waals surface area contributed by atoms with Crippen molar-refractivity contribution in [3.05, 3.63) is 47.1 Å². The molecule has 1 aromatic carbocycles. The van der Waals surface area contributed by atoms with E-state index >= 15 is 0 Å². The Hall–Kier alpha value is -3.47. The van der Waals surface area contributed by atoms with Crippen molar-refractivity contribution in [3.8, 4) is 27.8 Å². The third-order valence-electron chi connectivity index (χ3n) is 4.30. The zero-order valence-electron chi connectivity index (χ0n) is 17.3. The molecular weight excluding hydrogens is 444 g/mol. The zero-order valence-corrected chi connectivity index (χ0v) is 18.1. The Morgan fingerprint density at radius 3 is 2.72 bits per heavy atom. The minimum Gasteiger partial charge on any atom is -0.496 e. The van der Waals surface area contributed by atoms with E-state index in [-0.39, 0.29) is 10.6 Å². The average Bonchev–Trinajstić information content (AvgIpc) is 3.19. The molecule has 2 N–H and O–H groups in total. The van der Waals surface area contributed by atoms with E-state index < -0.39 is 12.6 Å². The minimum atomic E-state index is -2.90. The Kier molecular flexibility index (Phi) is 7.77. The maximum absolute atomic E-state index is 12.4. The normalized spacial score (nSPS) is 10.8. The van der Waals surface area contributed by atoms with Crippen LogP contribution in [0.4, 0.5) is 14.6 Å². The average molecular weight is 465 g/mol. The number of anilines is 1. The van der Waals surface area contributed by atoms with Gasteiger partial charge in [0.15, 0.2) is 4.88 Å². The molecule has 0 amide bonds. The molecule has 0 aliphatic heterocycles. The van der Waals surface area contributed by atoms with Crippen molar-refractivity contribution in [1.82, 2.24) is 9.97 Å². The summed E-state index contributed by atoms with van der Waals surface area (Å²) < 4.78 is 39.8. The van der Waals surface area contributed by atoms with Crippen molar-refractivity contribution < 1.29 is 32.9 Å². The van der Waals surface area contributed by atoms with Gasteiger partial charge >= 0.3 is 12.6 Å². The maximum atomic E-state index is 12.4. The first kappa shape index (κ1) is 23.2. The molecule has 170 valence electrons. The van der Waals surface area contributed by atoms with Crippen LogP contribution in [0.25, 0.3) is 10.6 Å². The number of aromatic carboxylic acids is 1. The van der Waals surface area contributed by atoms with Crippen LogP contribution in [0.2, 0.25) is 0 Å². The first-order valence-electron chi connectivity index (χ1n) is 9.59. The van der Waals surface area contributed by atoms with Gasteiger partial charge in [-0.15, -0.1) is 11.3 Å². The molecule has 0 spiro atoms. The van der Waals surface area contributed by atoms with E-state index in [4.69, 9.17) is 9.47 Å². The Morgan fingerprint density at radius 1 is 1.22 bits per heavy atom. The van der Waals surface area contributed by atoms with Crippen molar-refractivity contribution in [2.75, 3.05) is 25.6 Å². The zero-order chi connectivity index (χ0) is 23.1. The molecule has 0 saturated heterocycles. The third-order valence-corrected chi connectivity index (χ3v) is 5.42. The van der Waals surface area contributed by atoms with Crippen molar-refractivity contribution in [2.24, 2.45) is 0 Å². The number of thiophene rings is 1. The summed E-state index contributed by atoms with van der Waals surface area (Å²) in [6, 6.07) is 7.90. The van der Waals surface area contributed by atoms with Gasteiger partial charge in [0.05, 0.1) is 24.3 Å². The molecule has 3 rings (SSSR count). The highest BCUT2D eigenvalue weighted by Gasteiger charge is 2.18. The highest BCUT2D eigenvalue weighted by molar-refractivity contribution is 7.17. The Labute approximate surface area is 186 Å². The quantitative estimate of drug-likeness (QED) is 0.425. The number of methoxy groups -OCH3 is 1. The second-order valence-corrected chi connectivity index (χ2v) is 7.41. The second kappa shape index (κ2) is 10.7.